The Bertz CT molecular complexity index is 1290. The van der Waals surface area contributed by atoms with Crippen molar-refractivity contribution in [1.29, 1.82) is 0 Å². The Balaban J connectivity index is 1.33. The molecule has 0 saturated carbocycles. The van der Waals surface area contributed by atoms with Crippen LogP contribution in [0.3, 0.4) is 0 Å². The van der Waals surface area contributed by atoms with Gasteiger partial charge in [0.05, 0.1) is 14.7 Å². The third-order valence-corrected chi connectivity index (χ3v) is 5.64. The number of non-ortho nitro benzene ring substituents is 1. The van der Waals surface area contributed by atoms with Gasteiger partial charge in [-0.15, -0.1) is 0 Å². The summed E-state index contributed by atoms with van der Waals surface area (Å²) < 4.78 is 6.97. The molecule has 0 N–H and O–H groups in total. The zero-order valence-electron chi connectivity index (χ0n) is 17.0. The summed E-state index contributed by atoms with van der Waals surface area (Å²) >= 11 is 2.23. The molecule has 0 amide bonds. The number of nitro benzene ring substituents is 1. The van der Waals surface area contributed by atoms with Gasteiger partial charge in [0, 0.05) is 12.1 Å². The molecule has 0 saturated heterocycles. The third kappa shape index (κ3) is 5.61. The molecule has 0 aromatic heterocycles. The molecule has 0 aliphatic rings. The van der Waals surface area contributed by atoms with Crippen LogP contribution in [-0.2, 0) is 18.1 Å². The summed E-state index contributed by atoms with van der Waals surface area (Å²) in [6.45, 7) is 0.642. The second kappa shape index (κ2) is 10.2. The molecule has 0 fully saturated rings. The number of fused-ring (bicyclic) bond motifs is 1. The Morgan fingerprint density at radius 2 is 1.69 bits per heavy atom. The molecule has 7 heteroatoms. The SMILES string of the molecule is O=[N+]([O-])c1cccc(CO/N=C\c2ccc(OCc3ccc4ccccc4c3)c(I)c2)c1. The van der Waals surface area contributed by atoms with E-state index in [0.717, 1.165) is 20.4 Å². The van der Waals surface area contributed by atoms with Gasteiger partial charge < -0.3 is 9.57 Å². The Morgan fingerprint density at radius 3 is 2.50 bits per heavy atom. The number of oxime groups is 1. The Kier molecular flexibility index (Phi) is 6.96. The molecule has 6 nitrogen and oxygen atoms in total. The number of halogens is 1. The maximum atomic E-state index is 10.8. The van der Waals surface area contributed by atoms with Crippen molar-refractivity contribution in [1.82, 2.24) is 0 Å². The molecule has 0 unspecified atom stereocenters. The Morgan fingerprint density at radius 1 is 0.875 bits per heavy atom. The average molecular weight is 538 g/mol. The van der Waals surface area contributed by atoms with Crippen molar-refractivity contribution in [2.45, 2.75) is 13.2 Å². The van der Waals surface area contributed by atoms with E-state index < -0.39 is 4.92 Å². The van der Waals surface area contributed by atoms with Crippen LogP contribution in [0.4, 0.5) is 5.69 Å². The maximum Gasteiger partial charge on any atom is 0.269 e. The van der Waals surface area contributed by atoms with Crippen LogP contribution in [0.5, 0.6) is 5.75 Å². The summed E-state index contributed by atoms with van der Waals surface area (Å²) in [4.78, 5) is 15.7. The molecular formula is C25H19IN2O4. The lowest BCUT2D eigenvalue weighted by Crippen LogP contribution is -1.98. The van der Waals surface area contributed by atoms with Gasteiger partial charge in [-0.2, -0.15) is 0 Å². The van der Waals surface area contributed by atoms with Gasteiger partial charge in [-0.05, 0) is 74.3 Å². The van der Waals surface area contributed by atoms with E-state index in [-0.39, 0.29) is 12.3 Å². The number of benzene rings is 4. The minimum absolute atomic E-state index is 0.0314. The van der Waals surface area contributed by atoms with E-state index in [1.807, 2.05) is 30.3 Å². The lowest BCUT2D eigenvalue weighted by atomic mass is 10.1. The molecule has 0 aliphatic heterocycles. The van der Waals surface area contributed by atoms with E-state index in [4.69, 9.17) is 9.57 Å². The molecule has 0 aliphatic carbocycles. The summed E-state index contributed by atoms with van der Waals surface area (Å²) in [5.74, 6) is 0.799. The molecule has 0 radical (unpaired) electrons. The lowest BCUT2D eigenvalue weighted by molar-refractivity contribution is -0.384. The zero-order valence-corrected chi connectivity index (χ0v) is 19.1. The quantitative estimate of drug-likeness (QED) is 0.111. The van der Waals surface area contributed by atoms with Gasteiger partial charge in [0.1, 0.15) is 19.0 Å². The first-order chi connectivity index (χ1) is 15.6. The molecule has 0 spiro atoms. The Labute approximate surface area is 198 Å². The first-order valence-corrected chi connectivity index (χ1v) is 10.9. The van der Waals surface area contributed by atoms with Gasteiger partial charge in [-0.3, -0.25) is 10.1 Å². The highest BCUT2D eigenvalue weighted by Crippen LogP contribution is 2.24. The van der Waals surface area contributed by atoms with Crippen LogP contribution in [-0.4, -0.2) is 11.1 Å². The highest BCUT2D eigenvalue weighted by molar-refractivity contribution is 14.1. The van der Waals surface area contributed by atoms with Crippen molar-refractivity contribution in [3.63, 3.8) is 0 Å². The normalized spacial score (nSPS) is 11.0. The van der Waals surface area contributed by atoms with E-state index in [1.165, 1.54) is 22.9 Å². The monoisotopic (exact) mass is 538 g/mol. The second-order valence-electron chi connectivity index (χ2n) is 7.09. The van der Waals surface area contributed by atoms with Gasteiger partial charge in [-0.25, -0.2) is 0 Å². The summed E-state index contributed by atoms with van der Waals surface area (Å²) in [5.41, 5.74) is 2.69. The van der Waals surface area contributed by atoms with Crippen LogP contribution >= 0.6 is 22.6 Å². The summed E-state index contributed by atoms with van der Waals surface area (Å²) in [6, 6.07) is 26.6. The molecule has 0 bridgehead atoms. The number of hydrogen-bond acceptors (Lipinski definition) is 5. The van der Waals surface area contributed by atoms with Crippen molar-refractivity contribution in [3.05, 3.63) is 115 Å². The van der Waals surface area contributed by atoms with Crippen LogP contribution in [0.2, 0.25) is 0 Å². The summed E-state index contributed by atoms with van der Waals surface area (Å²) in [5, 5.41) is 17.2. The topological polar surface area (TPSA) is 74.0 Å². The van der Waals surface area contributed by atoms with Crippen molar-refractivity contribution in [2.75, 3.05) is 0 Å². The lowest BCUT2D eigenvalue weighted by Gasteiger charge is -2.10. The molecule has 0 heterocycles. The molecular weight excluding hydrogens is 519 g/mol. The fourth-order valence-electron chi connectivity index (χ4n) is 3.17. The minimum atomic E-state index is -0.432. The van der Waals surface area contributed by atoms with Gasteiger partial charge in [0.2, 0.25) is 0 Å². The molecule has 0 atom stereocenters. The summed E-state index contributed by atoms with van der Waals surface area (Å²) in [6.07, 6.45) is 1.60. The van der Waals surface area contributed by atoms with Crippen LogP contribution < -0.4 is 4.74 Å². The van der Waals surface area contributed by atoms with Crippen molar-refractivity contribution in [2.24, 2.45) is 5.16 Å². The van der Waals surface area contributed by atoms with E-state index in [0.29, 0.717) is 12.2 Å². The maximum absolute atomic E-state index is 10.8. The molecule has 160 valence electrons. The largest absolute Gasteiger partial charge is 0.488 e. The van der Waals surface area contributed by atoms with Crippen molar-refractivity contribution in [3.8, 4) is 5.75 Å². The van der Waals surface area contributed by atoms with Crippen LogP contribution in [0, 0.1) is 13.7 Å². The highest BCUT2D eigenvalue weighted by atomic mass is 127. The smallest absolute Gasteiger partial charge is 0.269 e. The molecule has 4 aromatic carbocycles. The van der Waals surface area contributed by atoms with Gasteiger partial charge in [-0.1, -0.05) is 53.7 Å². The first-order valence-electron chi connectivity index (χ1n) is 9.87. The third-order valence-electron chi connectivity index (χ3n) is 4.79. The molecule has 32 heavy (non-hydrogen) atoms. The van der Waals surface area contributed by atoms with Gasteiger partial charge >= 0.3 is 0 Å². The van der Waals surface area contributed by atoms with E-state index >= 15 is 0 Å². The van der Waals surface area contributed by atoms with E-state index in [9.17, 15) is 10.1 Å². The van der Waals surface area contributed by atoms with Crippen molar-refractivity contribution >= 4 is 45.3 Å². The van der Waals surface area contributed by atoms with Crippen LogP contribution in [0.15, 0.2) is 90.1 Å². The predicted octanol–water partition coefficient (Wildman–Crippen LogP) is 6.48. The highest BCUT2D eigenvalue weighted by Gasteiger charge is 2.06. The predicted molar refractivity (Wildman–Crippen MR) is 133 cm³/mol. The summed E-state index contributed by atoms with van der Waals surface area (Å²) in [7, 11) is 0. The fraction of sp³-hybridized carbons (Fsp3) is 0.0800. The number of ether oxygens (including phenoxy) is 1. The zero-order chi connectivity index (χ0) is 22.3. The standard InChI is InChI=1S/C25H19IN2O4/c26-24-14-18(15-27-32-17-19-4-3-7-23(13-19)28(29)30)9-11-25(24)31-16-20-8-10-21-5-1-2-6-22(21)12-20/h1-15H,16-17H2/b27-15-. The first kappa shape index (κ1) is 21.8. The molecule has 4 aromatic rings. The van der Waals surface area contributed by atoms with Gasteiger partial charge in [0.15, 0.2) is 0 Å². The Hall–Kier alpha value is -3.46. The second-order valence-corrected chi connectivity index (χ2v) is 8.26. The number of nitrogens with zero attached hydrogens (tertiary/aromatic N) is 2. The van der Waals surface area contributed by atoms with Crippen LogP contribution in [0.25, 0.3) is 10.8 Å². The number of hydrogen-bond donors (Lipinski definition) is 0. The fourth-order valence-corrected chi connectivity index (χ4v) is 3.87. The minimum Gasteiger partial charge on any atom is -0.488 e. The average Bonchev–Trinajstić information content (AvgIpc) is 2.81. The van der Waals surface area contributed by atoms with E-state index in [1.54, 1.807) is 18.3 Å². The van der Waals surface area contributed by atoms with E-state index in [2.05, 4.69) is 58.1 Å². The molecule has 4 rings (SSSR count). The van der Waals surface area contributed by atoms with Gasteiger partial charge in [0.25, 0.3) is 5.69 Å². The van der Waals surface area contributed by atoms with Crippen LogP contribution in [0.1, 0.15) is 16.7 Å². The van der Waals surface area contributed by atoms with Crippen molar-refractivity contribution < 1.29 is 14.5 Å². The number of rotatable bonds is 8. The number of nitro groups is 1.